The van der Waals surface area contributed by atoms with Gasteiger partial charge in [-0.05, 0) is 0 Å². The quantitative estimate of drug-likeness (QED) is 0.678. The van der Waals surface area contributed by atoms with Crippen molar-refractivity contribution in [2.24, 2.45) is 0 Å². The predicted octanol–water partition coefficient (Wildman–Crippen LogP) is 3.57. The minimum atomic E-state index is -1.68. The SMILES string of the molecule is CC1SCC=[C]([Sn]([CH3])([CH3])[CH3])S1. The van der Waals surface area contributed by atoms with Crippen molar-refractivity contribution in [2.75, 3.05) is 5.75 Å². The third-order valence-corrected chi connectivity index (χ3v) is 13.8. The summed E-state index contributed by atoms with van der Waals surface area (Å²) in [7, 11) is 0. The van der Waals surface area contributed by atoms with Crippen LogP contribution in [0, 0.1) is 0 Å². The van der Waals surface area contributed by atoms with Crippen LogP contribution in [-0.2, 0) is 0 Å². The molecule has 0 nitrogen and oxygen atoms in total. The monoisotopic (exact) mass is 296 g/mol. The Kier molecular flexibility index (Phi) is 3.72. The van der Waals surface area contributed by atoms with E-state index in [1.54, 1.807) is 2.92 Å². The van der Waals surface area contributed by atoms with E-state index in [4.69, 9.17) is 0 Å². The Labute approximate surface area is 82.5 Å². The van der Waals surface area contributed by atoms with Gasteiger partial charge in [0.2, 0.25) is 0 Å². The Hall–Kier alpha value is 1.24. The number of rotatable bonds is 1. The maximum atomic E-state index is 2.50. The van der Waals surface area contributed by atoms with Gasteiger partial charge in [-0.15, -0.1) is 0 Å². The van der Waals surface area contributed by atoms with Crippen LogP contribution in [0.2, 0.25) is 14.8 Å². The first-order chi connectivity index (χ1) is 5.00. The summed E-state index contributed by atoms with van der Waals surface area (Å²) in [5.41, 5.74) is 0. The molecule has 0 saturated carbocycles. The summed E-state index contributed by atoms with van der Waals surface area (Å²) in [4.78, 5) is 7.49. The summed E-state index contributed by atoms with van der Waals surface area (Å²) in [6.45, 7) is 2.32. The molecule has 11 heavy (non-hydrogen) atoms. The summed E-state index contributed by atoms with van der Waals surface area (Å²) in [6, 6.07) is 0. The van der Waals surface area contributed by atoms with Crippen LogP contribution in [0.3, 0.4) is 0 Å². The van der Waals surface area contributed by atoms with E-state index in [2.05, 4.69) is 51.3 Å². The van der Waals surface area contributed by atoms with E-state index >= 15 is 0 Å². The number of hydrogen-bond acceptors (Lipinski definition) is 2. The first-order valence-corrected chi connectivity index (χ1v) is 15.9. The summed E-state index contributed by atoms with van der Waals surface area (Å²) < 4.78 is 2.57. The van der Waals surface area contributed by atoms with Crippen molar-refractivity contribution in [3.63, 3.8) is 0 Å². The van der Waals surface area contributed by atoms with E-state index in [9.17, 15) is 0 Å². The summed E-state index contributed by atoms with van der Waals surface area (Å²) in [5, 5.41) is 0. The average molecular weight is 295 g/mol. The Morgan fingerprint density at radius 3 is 2.45 bits per heavy atom. The topological polar surface area (TPSA) is 0 Å². The van der Waals surface area contributed by atoms with Crippen LogP contribution in [0.1, 0.15) is 6.92 Å². The Balaban J connectivity index is 2.65. The molecule has 0 amide bonds. The molecule has 64 valence electrons. The first-order valence-electron chi connectivity index (χ1n) is 3.99. The zero-order valence-electron chi connectivity index (χ0n) is 7.68. The van der Waals surface area contributed by atoms with Gasteiger partial charge in [-0.25, -0.2) is 0 Å². The van der Waals surface area contributed by atoms with Gasteiger partial charge in [-0.3, -0.25) is 0 Å². The fourth-order valence-electron chi connectivity index (χ4n) is 1.00. The van der Waals surface area contributed by atoms with Crippen LogP contribution in [0.25, 0.3) is 0 Å². The minimum absolute atomic E-state index is 0.797. The van der Waals surface area contributed by atoms with Crippen molar-refractivity contribution in [1.82, 2.24) is 0 Å². The van der Waals surface area contributed by atoms with Crippen LogP contribution in [0.4, 0.5) is 0 Å². The summed E-state index contributed by atoms with van der Waals surface area (Å²) in [5.74, 6) is 1.25. The molecular weight excluding hydrogens is 279 g/mol. The van der Waals surface area contributed by atoms with Gasteiger partial charge in [-0.1, -0.05) is 0 Å². The third-order valence-electron chi connectivity index (χ3n) is 1.63. The molecule has 1 rings (SSSR count). The second kappa shape index (κ2) is 3.96. The Bertz CT molecular complexity index is 169. The fourth-order valence-corrected chi connectivity index (χ4v) is 11.1. The van der Waals surface area contributed by atoms with E-state index in [-0.39, 0.29) is 0 Å². The van der Waals surface area contributed by atoms with E-state index in [0.29, 0.717) is 0 Å². The van der Waals surface area contributed by atoms with Crippen LogP contribution >= 0.6 is 23.5 Å². The predicted molar refractivity (Wildman–Crippen MR) is 60.9 cm³/mol. The first kappa shape index (κ1) is 10.3. The molecule has 1 heterocycles. The normalized spacial score (nSPS) is 26.5. The van der Waals surface area contributed by atoms with Crippen molar-refractivity contribution in [2.45, 2.75) is 26.3 Å². The molecule has 0 saturated heterocycles. The van der Waals surface area contributed by atoms with Gasteiger partial charge < -0.3 is 0 Å². The maximum absolute atomic E-state index is 2.50. The average Bonchev–Trinajstić information content (AvgIpc) is 1.86. The Morgan fingerprint density at radius 1 is 1.45 bits per heavy atom. The molecule has 0 aromatic rings. The van der Waals surface area contributed by atoms with E-state index < -0.39 is 18.4 Å². The van der Waals surface area contributed by atoms with Gasteiger partial charge >= 0.3 is 83.0 Å². The third kappa shape index (κ3) is 3.23. The molecule has 1 aliphatic rings. The molecule has 1 atom stereocenters. The molecule has 1 aliphatic heterocycles. The molecular formula is C8H16S2Sn. The Morgan fingerprint density at radius 2 is 2.09 bits per heavy atom. The number of hydrogen-bond donors (Lipinski definition) is 0. The van der Waals surface area contributed by atoms with E-state index in [1.807, 2.05) is 0 Å². The van der Waals surface area contributed by atoms with Gasteiger partial charge in [0.05, 0.1) is 0 Å². The fraction of sp³-hybridized carbons (Fsp3) is 0.750. The molecule has 0 spiro atoms. The van der Waals surface area contributed by atoms with Crippen molar-refractivity contribution >= 4 is 41.9 Å². The molecule has 0 bridgehead atoms. The number of thioether (sulfide) groups is 2. The van der Waals surface area contributed by atoms with Gasteiger partial charge in [0.15, 0.2) is 0 Å². The van der Waals surface area contributed by atoms with Crippen LogP contribution < -0.4 is 0 Å². The molecule has 0 N–H and O–H groups in total. The molecule has 0 aromatic heterocycles. The van der Waals surface area contributed by atoms with Gasteiger partial charge in [0, 0.05) is 0 Å². The second-order valence-corrected chi connectivity index (χ2v) is 22.3. The molecule has 3 heteroatoms. The van der Waals surface area contributed by atoms with Crippen molar-refractivity contribution in [3.05, 3.63) is 9.00 Å². The molecule has 0 fully saturated rings. The molecule has 1 unspecified atom stereocenters. The molecule has 0 aromatic carbocycles. The van der Waals surface area contributed by atoms with E-state index in [1.165, 1.54) is 5.75 Å². The molecule has 0 radical (unpaired) electrons. The molecule has 0 aliphatic carbocycles. The van der Waals surface area contributed by atoms with Gasteiger partial charge in [0.25, 0.3) is 0 Å². The van der Waals surface area contributed by atoms with Crippen molar-refractivity contribution in [1.29, 1.82) is 0 Å². The van der Waals surface area contributed by atoms with Crippen LogP contribution in [0.5, 0.6) is 0 Å². The van der Waals surface area contributed by atoms with Crippen LogP contribution in [-0.4, -0.2) is 28.7 Å². The van der Waals surface area contributed by atoms with Gasteiger partial charge in [0.1, 0.15) is 0 Å². The van der Waals surface area contributed by atoms with E-state index in [0.717, 1.165) is 4.58 Å². The van der Waals surface area contributed by atoms with Gasteiger partial charge in [-0.2, -0.15) is 0 Å². The van der Waals surface area contributed by atoms with Crippen molar-refractivity contribution in [3.8, 4) is 0 Å². The zero-order chi connectivity index (χ0) is 8.48. The zero-order valence-corrected chi connectivity index (χ0v) is 12.2. The van der Waals surface area contributed by atoms with Crippen LogP contribution in [0.15, 0.2) is 9.00 Å². The summed E-state index contributed by atoms with van der Waals surface area (Å²) in [6.07, 6.45) is 2.46. The standard InChI is InChI=1S/C5H7S2.3CH3.Sn/c1-5-6-3-2-4-7-5;;;;/h2,5H,3H2,1H3;3*1H3;. The summed E-state index contributed by atoms with van der Waals surface area (Å²) >= 11 is 2.49. The second-order valence-electron chi connectivity index (χ2n) is 3.84. The van der Waals surface area contributed by atoms with Crippen molar-refractivity contribution < 1.29 is 0 Å².